The van der Waals surface area contributed by atoms with Crippen LogP contribution in [0, 0.1) is 13.8 Å². The first kappa shape index (κ1) is 12.4. The highest BCUT2D eigenvalue weighted by atomic mass is 16.5. The smallest absolute Gasteiger partial charge is 0.130 e. The number of hydrogen-bond acceptors (Lipinski definition) is 2. The van der Waals surface area contributed by atoms with Crippen molar-refractivity contribution in [2.24, 2.45) is 0 Å². The molecule has 0 saturated heterocycles. The summed E-state index contributed by atoms with van der Waals surface area (Å²) in [6.07, 6.45) is 1.33. The van der Waals surface area contributed by atoms with E-state index < -0.39 is 0 Å². The summed E-state index contributed by atoms with van der Waals surface area (Å²) >= 11 is 0. The molecule has 0 heterocycles. The third-order valence-electron chi connectivity index (χ3n) is 2.89. The van der Waals surface area contributed by atoms with Crippen molar-refractivity contribution in [1.82, 2.24) is 0 Å². The number of aryl methyl sites for hydroxylation is 2. The van der Waals surface area contributed by atoms with Gasteiger partial charge < -0.3 is 9.53 Å². The average Bonchev–Trinajstić information content (AvgIpc) is 2.36. The van der Waals surface area contributed by atoms with Gasteiger partial charge in [0.25, 0.3) is 0 Å². The normalized spacial score (nSPS) is 10.1. The van der Waals surface area contributed by atoms with Gasteiger partial charge in [0, 0.05) is 6.42 Å². The summed E-state index contributed by atoms with van der Waals surface area (Å²) in [6.45, 7) is 4.01. The molecule has 0 atom stereocenters. The van der Waals surface area contributed by atoms with Crippen LogP contribution in [0.5, 0.6) is 11.5 Å². The van der Waals surface area contributed by atoms with Gasteiger partial charge in [-0.25, -0.2) is 0 Å². The number of ether oxygens (including phenoxy) is 1. The molecule has 0 bridgehead atoms. The molecule has 0 aliphatic heterocycles. The summed E-state index contributed by atoms with van der Waals surface area (Å²) in [6, 6.07) is 13.8. The number of aldehydes is 1. The number of rotatable bonds is 4. The van der Waals surface area contributed by atoms with Crippen molar-refractivity contribution >= 4 is 6.29 Å². The standard InChI is InChI=1S/C16H16O2/c1-12-5-3-4-6-15(12)18-16-11-14(9-10-17)8-7-13(16)2/h3-8,10-11H,9H2,1-2H3. The van der Waals surface area contributed by atoms with Crippen LogP contribution in [-0.2, 0) is 11.2 Å². The summed E-state index contributed by atoms with van der Waals surface area (Å²) in [5.41, 5.74) is 3.13. The maximum absolute atomic E-state index is 10.5. The van der Waals surface area contributed by atoms with Crippen LogP contribution in [0.2, 0.25) is 0 Å². The van der Waals surface area contributed by atoms with Gasteiger partial charge in [-0.1, -0.05) is 30.3 Å². The second-order valence-corrected chi connectivity index (χ2v) is 4.34. The lowest BCUT2D eigenvalue weighted by atomic mass is 10.1. The van der Waals surface area contributed by atoms with Crippen LogP contribution >= 0.6 is 0 Å². The molecular weight excluding hydrogens is 224 g/mol. The van der Waals surface area contributed by atoms with Crippen LogP contribution in [0.3, 0.4) is 0 Å². The fourth-order valence-electron chi connectivity index (χ4n) is 1.77. The van der Waals surface area contributed by atoms with Gasteiger partial charge in [-0.15, -0.1) is 0 Å². The molecule has 2 nitrogen and oxygen atoms in total. The summed E-state index contributed by atoms with van der Waals surface area (Å²) < 4.78 is 5.91. The first-order chi connectivity index (χ1) is 8.70. The number of carbonyl (C=O) groups excluding carboxylic acids is 1. The van der Waals surface area contributed by atoms with Gasteiger partial charge in [-0.2, -0.15) is 0 Å². The van der Waals surface area contributed by atoms with Gasteiger partial charge in [0.2, 0.25) is 0 Å². The van der Waals surface area contributed by atoms with Crippen molar-refractivity contribution in [1.29, 1.82) is 0 Å². The molecule has 0 fully saturated rings. The molecule has 0 spiro atoms. The zero-order chi connectivity index (χ0) is 13.0. The molecular formula is C16H16O2. The van der Waals surface area contributed by atoms with E-state index in [2.05, 4.69) is 0 Å². The summed E-state index contributed by atoms with van der Waals surface area (Å²) in [5.74, 6) is 1.66. The fourth-order valence-corrected chi connectivity index (χ4v) is 1.77. The molecule has 2 aromatic rings. The quantitative estimate of drug-likeness (QED) is 0.759. The van der Waals surface area contributed by atoms with Crippen molar-refractivity contribution in [3.8, 4) is 11.5 Å². The molecule has 2 aromatic carbocycles. The highest BCUT2D eigenvalue weighted by Gasteiger charge is 2.05. The zero-order valence-corrected chi connectivity index (χ0v) is 10.6. The van der Waals surface area contributed by atoms with E-state index in [0.717, 1.165) is 34.5 Å². The summed E-state index contributed by atoms with van der Waals surface area (Å²) in [7, 11) is 0. The Kier molecular flexibility index (Phi) is 3.78. The minimum absolute atomic E-state index is 0.421. The van der Waals surface area contributed by atoms with E-state index in [9.17, 15) is 4.79 Å². The minimum atomic E-state index is 0.421. The Balaban J connectivity index is 2.30. The van der Waals surface area contributed by atoms with Crippen molar-refractivity contribution in [2.75, 3.05) is 0 Å². The predicted molar refractivity (Wildman–Crippen MR) is 72.2 cm³/mol. The predicted octanol–water partition coefficient (Wildman–Crippen LogP) is 3.84. The van der Waals surface area contributed by atoms with E-state index in [1.54, 1.807) is 0 Å². The van der Waals surface area contributed by atoms with E-state index in [1.807, 2.05) is 56.3 Å². The van der Waals surface area contributed by atoms with Gasteiger partial charge in [0.05, 0.1) is 0 Å². The van der Waals surface area contributed by atoms with Gasteiger partial charge >= 0.3 is 0 Å². The van der Waals surface area contributed by atoms with E-state index in [1.165, 1.54) is 0 Å². The monoisotopic (exact) mass is 240 g/mol. The van der Waals surface area contributed by atoms with Crippen molar-refractivity contribution in [3.63, 3.8) is 0 Å². The van der Waals surface area contributed by atoms with E-state index in [-0.39, 0.29) is 0 Å². The third kappa shape index (κ3) is 2.77. The Morgan fingerprint density at radius 2 is 1.72 bits per heavy atom. The minimum Gasteiger partial charge on any atom is -0.457 e. The first-order valence-corrected chi connectivity index (χ1v) is 5.97. The lowest BCUT2D eigenvalue weighted by molar-refractivity contribution is -0.107. The SMILES string of the molecule is Cc1ccccc1Oc1cc(CC=O)ccc1C. The average molecular weight is 240 g/mol. The topological polar surface area (TPSA) is 26.3 Å². The Labute approximate surface area is 107 Å². The molecule has 0 unspecified atom stereocenters. The maximum Gasteiger partial charge on any atom is 0.130 e. The van der Waals surface area contributed by atoms with Gasteiger partial charge in [-0.3, -0.25) is 0 Å². The van der Waals surface area contributed by atoms with Crippen LogP contribution in [0.15, 0.2) is 42.5 Å². The highest BCUT2D eigenvalue weighted by molar-refractivity contribution is 5.56. The molecule has 0 aliphatic rings. The lowest BCUT2D eigenvalue weighted by Crippen LogP contribution is -1.93. The molecule has 2 rings (SSSR count). The van der Waals surface area contributed by atoms with E-state index >= 15 is 0 Å². The second-order valence-electron chi connectivity index (χ2n) is 4.34. The molecule has 18 heavy (non-hydrogen) atoms. The van der Waals surface area contributed by atoms with Crippen LogP contribution < -0.4 is 4.74 Å². The maximum atomic E-state index is 10.5. The van der Waals surface area contributed by atoms with E-state index in [4.69, 9.17) is 4.74 Å². The van der Waals surface area contributed by atoms with Gasteiger partial charge in [0.1, 0.15) is 17.8 Å². The summed E-state index contributed by atoms with van der Waals surface area (Å²) in [4.78, 5) is 10.5. The van der Waals surface area contributed by atoms with Crippen LogP contribution in [0.25, 0.3) is 0 Å². The molecule has 0 radical (unpaired) electrons. The number of carbonyl (C=O) groups is 1. The molecule has 0 aromatic heterocycles. The highest BCUT2D eigenvalue weighted by Crippen LogP contribution is 2.28. The van der Waals surface area contributed by atoms with Crippen LogP contribution in [-0.4, -0.2) is 6.29 Å². The molecule has 2 heteroatoms. The third-order valence-corrected chi connectivity index (χ3v) is 2.89. The van der Waals surface area contributed by atoms with Crippen molar-refractivity contribution < 1.29 is 9.53 Å². The van der Waals surface area contributed by atoms with Crippen molar-refractivity contribution in [3.05, 3.63) is 59.2 Å². The molecule has 0 amide bonds. The molecule has 0 saturated carbocycles. The van der Waals surface area contributed by atoms with Crippen LogP contribution in [0.4, 0.5) is 0 Å². The number of para-hydroxylation sites is 1. The van der Waals surface area contributed by atoms with Gasteiger partial charge in [0.15, 0.2) is 0 Å². The molecule has 0 aliphatic carbocycles. The van der Waals surface area contributed by atoms with Gasteiger partial charge in [-0.05, 0) is 42.7 Å². The molecule has 92 valence electrons. The number of hydrogen-bond donors (Lipinski definition) is 0. The van der Waals surface area contributed by atoms with Crippen LogP contribution in [0.1, 0.15) is 16.7 Å². The second kappa shape index (κ2) is 5.50. The first-order valence-electron chi connectivity index (χ1n) is 5.97. The Bertz CT molecular complexity index is 559. The zero-order valence-electron chi connectivity index (χ0n) is 10.6. The largest absolute Gasteiger partial charge is 0.457 e. The van der Waals surface area contributed by atoms with Crippen molar-refractivity contribution in [2.45, 2.75) is 20.3 Å². The molecule has 0 N–H and O–H groups in total. The Hall–Kier alpha value is -2.09. The summed E-state index contributed by atoms with van der Waals surface area (Å²) in [5, 5.41) is 0. The Morgan fingerprint density at radius 1 is 1.00 bits per heavy atom. The number of benzene rings is 2. The lowest BCUT2D eigenvalue weighted by Gasteiger charge is -2.11. The van der Waals surface area contributed by atoms with E-state index in [0.29, 0.717) is 6.42 Å². The Morgan fingerprint density at radius 3 is 2.44 bits per heavy atom. The fraction of sp³-hybridized carbons (Fsp3) is 0.188.